The van der Waals surface area contributed by atoms with Gasteiger partial charge in [-0.1, -0.05) is 13.0 Å². The molecular formula is C29H30BN5O4. The summed E-state index contributed by atoms with van der Waals surface area (Å²) < 4.78 is 27.9. The summed E-state index contributed by atoms with van der Waals surface area (Å²) in [6.45, 7) is 3.47. The molecule has 9 nitrogen and oxygen atoms in total. The van der Waals surface area contributed by atoms with E-state index in [1.807, 2.05) is 35.1 Å². The molecule has 4 heterocycles. The summed E-state index contributed by atoms with van der Waals surface area (Å²) in [6, 6.07) is 12.1. The van der Waals surface area contributed by atoms with Crippen LogP contribution in [-0.2, 0) is 14.0 Å². The van der Waals surface area contributed by atoms with Crippen molar-refractivity contribution >= 4 is 29.2 Å². The molecule has 2 aromatic heterocycles. The zero-order valence-electron chi connectivity index (χ0n) is 22.0. The van der Waals surface area contributed by atoms with Crippen LogP contribution >= 0.6 is 0 Å². The second-order valence-electron chi connectivity index (χ2n) is 11.5. The van der Waals surface area contributed by atoms with E-state index in [4.69, 9.17) is 24.5 Å². The zero-order valence-corrected chi connectivity index (χ0v) is 22.0. The van der Waals surface area contributed by atoms with E-state index in [0.29, 0.717) is 42.4 Å². The van der Waals surface area contributed by atoms with E-state index < -0.39 is 18.3 Å². The van der Waals surface area contributed by atoms with E-state index in [-0.39, 0.29) is 0 Å². The Morgan fingerprint density at radius 1 is 1.13 bits per heavy atom. The minimum atomic E-state index is -0.557. The van der Waals surface area contributed by atoms with Crippen molar-refractivity contribution in [3.05, 3.63) is 55.0 Å². The van der Waals surface area contributed by atoms with Gasteiger partial charge < -0.3 is 24.5 Å². The predicted molar refractivity (Wildman–Crippen MR) is 147 cm³/mol. The van der Waals surface area contributed by atoms with Gasteiger partial charge in [0.25, 0.3) is 0 Å². The quantitative estimate of drug-likeness (QED) is 0.384. The third-order valence-electron chi connectivity index (χ3n) is 9.26. The molecule has 2 unspecified atom stereocenters. The summed E-state index contributed by atoms with van der Waals surface area (Å²) in [5.74, 6) is 2.22. The number of nitrogen functional groups attached to an aromatic ring is 1. The summed E-state index contributed by atoms with van der Waals surface area (Å²) in [4.78, 5) is 0. The molecule has 4 fully saturated rings. The minimum absolute atomic E-state index is 0.408. The van der Waals surface area contributed by atoms with Gasteiger partial charge in [0.15, 0.2) is 0 Å². The Hall–Kier alpha value is -3.47. The van der Waals surface area contributed by atoms with Crippen LogP contribution in [0.4, 0.5) is 5.69 Å². The van der Waals surface area contributed by atoms with Gasteiger partial charge in [-0.25, -0.2) is 4.68 Å². The lowest BCUT2D eigenvalue weighted by Gasteiger charge is -2.37. The lowest BCUT2D eigenvalue weighted by molar-refractivity contribution is -0.0418. The van der Waals surface area contributed by atoms with Gasteiger partial charge in [-0.2, -0.15) is 15.3 Å². The van der Waals surface area contributed by atoms with E-state index in [9.17, 15) is 0 Å². The molecule has 0 amide bonds. The standard InChI is InChI=1S/C29H30BN5O4/c1-17-10-22(17)29-16-37-15-28(29,19-5-6-19)38-30(39-29)23-12-21(26(13-27(23)36-2)35-9-3-8-33-35)18-4-7-20-24(31)14-32-34-25(20)11-18/h3-4,7-9,11-14,17,19,22H,5-6,10,15-16H2,1-2H3,(H2,31,34)/t17?,22-,28+,29?/m0/s1. The Bertz CT molecular complexity index is 1590. The van der Waals surface area contributed by atoms with Crippen molar-refractivity contribution in [3.63, 3.8) is 0 Å². The second kappa shape index (κ2) is 8.27. The van der Waals surface area contributed by atoms with E-state index >= 15 is 0 Å². The monoisotopic (exact) mass is 523 g/mol. The highest BCUT2D eigenvalue weighted by molar-refractivity contribution is 6.63. The summed E-state index contributed by atoms with van der Waals surface area (Å²) in [7, 11) is 1.13. The molecule has 4 aliphatic rings. The van der Waals surface area contributed by atoms with E-state index in [0.717, 1.165) is 52.4 Å². The van der Waals surface area contributed by atoms with E-state index in [2.05, 4.69) is 34.4 Å². The van der Waals surface area contributed by atoms with Gasteiger partial charge in [0.05, 0.1) is 43.4 Å². The van der Waals surface area contributed by atoms with Crippen LogP contribution in [0.2, 0.25) is 0 Å². The molecule has 0 spiro atoms. The van der Waals surface area contributed by atoms with Crippen LogP contribution in [0.5, 0.6) is 5.75 Å². The van der Waals surface area contributed by atoms with Crippen molar-refractivity contribution in [2.24, 2.45) is 17.8 Å². The fourth-order valence-electron chi connectivity index (χ4n) is 7.02. The Morgan fingerprint density at radius 2 is 1.95 bits per heavy atom. The molecule has 2 saturated carbocycles. The molecule has 198 valence electrons. The van der Waals surface area contributed by atoms with Gasteiger partial charge in [0.1, 0.15) is 17.0 Å². The summed E-state index contributed by atoms with van der Waals surface area (Å²) >= 11 is 0. The smallest absolute Gasteiger partial charge is 0.497 e. The summed E-state index contributed by atoms with van der Waals surface area (Å²) in [6.07, 6.45) is 8.72. The zero-order chi connectivity index (χ0) is 26.4. The number of ether oxygens (including phenoxy) is 2. The van der Waals surface area contributed by atoms with Gasteiger partial charge in [0, 0.05) is 34.9 Å². The normalized spacial score (nSPS) is 29.6. The van der Waals surface area contributed by atoms with Gasteiger partial charge in [-0.05, 0) is 66.8 Å². The average Bonchev–Trinajstić information content (AvgIpc) is 3.79. The van der Waals surface area contributed by atoms with Gasteiger partial charge >= 0.3 is 7.12 Å². The van der Waals surface area contributed by atoms with Crippen molar-refractivity contribution in [2.75, 3.05) is 26.1 Å². The van der Waals surface area contributed by atoms with Crippen LogP contribution in [0.3, 0.4) is 0 Å². The van der Waals surface area contributed by atoms with Crippen LogP contribution < -0.4 is 15.9 Å². The first-order valence-electron chi connectivity index (χ1n) is 13.7. The van der Waals surface area contributed by atoms with Crippen molar-refractivity contribution in [3.8, 4) is 22.6 Å². The number of nitrogens with zero attached hydrogens (tertiary/aromatic N) is 4. The maximum Gasteiger partial charge on any atom is 0.498 e. The number of rotatable bonds is 6. The Morgan fingerprint density at radius 3 is 2.69 bits per heavy atom. The number of anilines is 1. The van der Waals surface area contributed by atoms with Gasteiger partial charge in [-0.3, -0.25) is 0 Å². The molecule has 0 bridgehead atoms. The van der Waals surface area contributed by atoms with Crippen molar-refractivity contribution in [2.45, 2.75) is 37.4 Å². The Labute approximate surface area is 226 Å². The highest BCUT2D eigenvalue weighted by atomic mass is 16.7. The highest BCUT2D eigenvalue weighted by Crippen LogP contribution is 2.64. The lowest BCUT2D eigenvalue weighted by atomic mass is 9.76. The number of fused-ring (bicyclic) bond motifs is 2. The number of benzene rings is 2. The predicted octanol–water partition coefficient (Wildman–Crippen LogP) is 3.39. The third-order valence-corrected chi connectivity index (χ3v) is 9.26. The maximum atomic E-state index is 7.02. The fourth-order valence-corrected chi connectivity index (χ4v) is 7.02. The van der Waals surface area contributed by atoms with Crippen molar-refractivity contribution in [1.29, 1.82) is 0 Å². The molecule has 2 aliphatic carbocycles. The molecule has 39 heavy (non-hydrogen) atoms. The summed E-state index contributed by atoms with van der Waals surface area (Å²) in [5, 5.41) is 13.8. The van der Waals surface area contributed by atoms with Gasteiger partial charge in [-0.15, -0.1) is 0 Å². The Kier molecular flexibility index (Phi) is 4.97. The number of hydrogen-bond acceptors (Lipinski definition) is 8. The molecule has 4 atom stereocenters. The lowest BCUT2D eigenvalue weighted by Crippen LogP contribution is -2.54. The molecule has 2 saturated heterocycles. The van der Waals surface area contributed by atoms with Crippen LogP contribution in [0.25, 0.3) is 27.7 Å². The number of aromatic nitrogens is 4. The fraction of sp³-hybridized carbons (Fsp3) is 0.414. The molecule has 4 aromatic rings. The number of methoxy groups -OCH3 is 1. The van der Waals surface area contributed by atoms with E-state index in [1.165, 1.54) is 0 Å². The largest absolute Gasteiger partial charge is 0.498 e. The van der Waals surface area contributed by atoms with E-state index in [1.54, 1.807) is 19.5 Å². The van der Waals surface area contributed by atoms with Crippen LogP contribution in [0.1, 0.15) is 26.2 Å². The minimum Gasteiger partial charge on any atom is -0.497 e. The van der Waals surface area contributed by atoms with Crippen molar-refractivity contribution < 1.29 is 18.8 Å². The number of hydrogen-bond donors (Lipinski definition) is 1. The SMILES string of the molecule is COc1cc(-n2cccn2)c(-c2ccc3c(N)cnnc3c2)cc1B1OC2([C@H]3CC3C)COC[C@]2(C2CC2)O1. The number of nitrogens with two attached hydrogens (primary N) is 1. The van der Waals surface area contributed by atoms with Gasteiger partial charge in [0.2, 0.25) is 0 Å². The molecule has 0 radical (unpaired) electrons. The Balaban J connectivity index is 1.29. The molecule has 8 rings (SSSR count). The molecular weight excluding hydrogens is 493 g/mol. The molecule has 2 N–H and O–H groups in total. The first-order valence-corrected chi connectivity index (χ1v) is 13.7. The topological polar surface area (TPSA) is 107 Å². The maximum absolute atomic E-state index is 7.02. The average molecular weight is 523 g/mol. The first kappa shape index (κ1) is 23.4. The highest BCUT2D eigenvalue weighted by Gasteiger charge is 2.75. The second-order valence-corrected chi connectivity index (χ2v) is 11.5. The molecule has 2 aromatic carbocycles. The van der Waals surface area contributed by atoms with Crippen LogP contribution in [0, 0.1) is 17.8 Å². The third kappa shape index (κ3) is 3.35. The van der Waals surface area contributed by atoms with Crippen LogP contribution in [-0.4, -0.2) is 58.6 Å². The summed E-state index contributed by atoms with van der Waals surface area (Å²) in [5.41, 5.74) is 10.3. The van der Waals surface area contributed by atoms with Crippen molar-refractivity contribution in [1.82, 2.24) is 20.0 Å². The molecule has 10 heteroatoms. The molecule has 2 aliphatic heterocycles. The van der Waals surface area contributed by atoms with Crippen LogP contribution in [0.15, 0.2) is 55.0 Å². The first-order chi connectivity index (χ1) is 19.0.